The van der Waals surface area contributed by atoms with Crippen molar-refractivity contribution in [3.05, 3.63) is 119 Å². The lowest BCUT2D eigenvalue weighted by atomic mass is 9.78. The zero-order chi connectivity index (χ0) is 95.0. The quantitative estimate of drug-likeness (QED) is 0.00702. The summed E-state index contributed by atoms with van der Waals surface area (Å²) in [6, 6.07) is 8.39. The van der Waals surface area contributed by atoms with Crippen LogP contribution in [0.4, 0.5) is 10.6 Å². The fourth-order valence-electron chi connectivity index (χ4n) is 17.9. The van der Waals surface area contributed by atoms with Gasteiger partial charge < -0.3 is 122 Å². The lowest BCUT2D eigenvalue weighted by Crippen LogP contribution is -2.74. The summed E-state index contributed by atoms with van der Waals surface area (Å²) in [4.78, 5) is 104. The number of methoxy groups -OCH3 is 3. The van der Waals surface area contributed by atoms with E-state index >= 15 is 0 Å². The number of hydrogen-bond acceptors (Lipinski definition) is 29. The number of piperidine rings is 1. The predicted molar refractivity (Wildman–Crippen MR) is 493 cm³/mol. The van der Waals surface area contributed by atoms with Crippen LogP contribution in [0.3, 0.4) is 0 Å². The van der Waals surface area contributed by atoms with E-state index in [-0.39, 0.29) is 68.4 Å². The van der Waals surface area contributed by atoms with Crippen LogP contribution >= 0.6 is 0 Å². The Morgan fingerprint density at radius 2 is 1.36 bits per heavy atom. The number of anilines is 1. The molecular formula is C97H144N12O24. The minimum absolute atomic E-state index is 0.00450. The minimum Gasteiger partial charge on any atom is -0.508 e. The van der Waals surface area contributed by atoms with Crippen LogP contribution in [0.5, 0.6) is 0 Å². The third kappa shape index (κ3) is 32.4. The highest BCUT2D eigenvalue weighted by Crippen LogP contribution is 2.40. The van der Waals surface area contributed by atoms with Crippen LogP contribution in [0.25, 0.3) is 38.9 Å². The van der Waals surface area contributed by atoms with E-state index in [2.05, 4.69) is 48.6 Å². The molecule has 736 valence electrons. The van der Waals surface area contributed by atoms with Crippen molar-refractivity contribution in [3.63, 3.8) is 0 Å². The number of carbonyl (C=O) groups is 6. The number of amides is 3. The molecule has 3 fully saturated rings. The van der Waals surface area contributed by atoms with E-state index in [1.165, 1.54) is 23.9 Å². The standard InChI is InChI=1S/C97H144N12O24/c1-64-16-12-11-13-17-65(2)81(118-8)58-77-23-19-70(7)97(117,133-77)90(113)94(114)108-30-15-14-18-79(108)95(115)131-82(59-78(105-99)66(3)53-69(6)88(112)89(120-10)87(111)68(5)52-64)67(4)54-71-21-24-80(83(56-71)119-9)132-96(116)101-29-33-122-35-37-124-39-41-126-43-45-128-47-49-130-51-50-129-48-46-127-44-42-125-40-38-123-36-34-121-32-27-84(110)107-31-26-73-55-72(20-22-75(73)62-107)61-109-93-85(91(98)103-63-104-93)86(106-109)76-57-74-25-28-100-92(74)102-60-76/h11-13,16-17,20,22,25,28,53,55,57,60,63-64,66-68,70-71,77-83,88-89,105,112,117H,14-15,18-19,21,23-24,26-27,29-52,54,56,58-59,61-62H2,1-10H3,(H,100,102)(H,101,116)(H2,98,103,104)/b13-11+,16-12+,65-17+,69-53+/t64-,66-,67-,68-,70-,71+,77+,78+,79+,80-,81+,82+,83-,88-,89+,97-/m1/s1. The summed E-state index contributed by atoms with van der Waals surface area (Å²) in [6.07, 6.45) is 16.4. The normalized spacial score (nSPS) is 26.8. The number of nitrogens with two attached hydrogens (primary N) is 1. The number of nitrogen functional groups attached to an aromatic ring is 1. The first-order valence-electron chi connectivity index (χ1n) is 47.3. The number of Topliss-reactive ketones (excluding diaryl/α,β-unsaturated/α-hetero) is 2. The molecule has 0 unspecified atom stereocenters. The maximum atomic E-state index is 14.9. The highest BCUT2D eigenvalue weighted by molar-refractivity contribution is 6.39. The van der Waals surface area contributed by atoms with Gasteiger partial charge in [0, 0.05) is 101 Å². The molecule has 2 bridgehead atoms. The van der Waals surface area contributed by atoms with Crippen molar-refractivity contribution in [2.45, 2.75) is 212 Å². The van der Waals surface area contributed by atoms with Gasteiger partial charge in [-0.05, 0) is 142 Å². The number of aliphatic hydroxyl groups is 2. The van der Waals surface area contributed by atoms with Crippen LogP contribution in [0.15, 0.2) is 96.7 Å². The fourth-order valence-corrected chi connectivity index (χ4v) is 17.9. The molecule has 0 spiro atoms. The van der Waals surface area contributed by atoms with Gasteiger partial charge in [0.1, 0.15) is 60.0 Å². The number of pyridine rings is 1. The SMILES string of the molecule is CO[C@H]1C[C@@H]2CC[C@@H](C)[C@@](O)(O2)C(=O)C(=O)N2CCCC[C@H]2C(=O)O[C@H]([C@H](C)C[C@@H]2CC[C@@H](OC(=O)NCCOCCOCCOCCOCCOCCOCCOCCOCCOCCOCCC(=O)N3CCc4cc(Cn5nc(-c6cnc7[nH]ccc7c6)c6c(N)ncnc65)ccc4C3)[C@H](OC)C2)C[C@H]([NH+]=[N-])[C@H](C)/C=C(\C)[C@@H](O)[C@@H](OC)C(=O)[C@H](C)C[C@H](C)/C=C/C=C/C=C/1C. The van der Waals surface area contributed by atoms with Crippen LogP contribution < -0.4 is 16.2 Å². The van der Waals surface area contributed by atoms with E-state index in [9.17, 15) is 44.5 Å². The topological polar surface area (TPSA) is 444 Å². The van der Waals surface area contributed by atoms with Gasteiger partial charge in [0.25, 0.3) is 11.7 Å². The molecule has 2 saturated heterocycles. The zero-order valence-corrected chi connectivity index (χ0v) is 79.4. The number of rotatable bonds is 44. The predicted octanol–water partition coefficient (Wildman–Crippen LogP) is 8.27. The second-order valence-electron chi connectivity index (χ2n) is 35.4. The summed E-state index contributed by atoms with van der Waals surface area (Å²) in [7, 11) is 4.53. The summed E-state index contributed by atoms with van der Waals surface area (Å²) in [5, 5.41) is 35.7. The maximum absolute atomic E-state index is 14.9. The Kier molecular flexibility index (Phi) is 44.8. The van der Waals surface area contributed by atoms with E-state index in [0.29, 0.717) is 237 Å². The third-order valence-electron chi connectivity index (χ3n) is 25.6. The monoisotopic (exact) mass is 1860 g/mol. The van der Waals surface area contributed by atoms with Gasteiger partial charge in [-0.15, -0.1) is 0 Å². The lowest BCUT2D eigenvalue weighted by Gasteiger charge is -2.42. The number of ketones is 2. The van der Waals surface area contributed by atoms with Crippen molar-refractivity contribution in [2.24, 2.45) is 35.5 Å². The molecule has 36 heteroatoms. The molecular weight excluding hydrogens is 1720 g/mol. The second kappa shape index (κ2) is 56.0. The van der Waals surface area contributed by atoms with E-state index in [0.717, 1.165) is 39.7 Å². The molecule has 0 radical (unpaired) electrons. The zero-order valence-electron chi connectivity index (χ0n) is 79.4. The number of benzene rings is 1. The van der Waals surface area contributed by atoms with Gasteiger partial charge in [0.15, 0.2) is 11.4 Å². The number of H-pyrrole nitrogens is 1. The molecule has 5 aliphatic rings. The van der Waals surface area contributed by atoms with E-state index in [4.69, 9.17) is 86.6 Å². The van der Waals surface area contributed by atoms with Gasteiger partial charge in [-0.1, -0.05) is 89.3 Å². The van der Waals surface area contributed by atoms with Crippen LogP contribution in [0.1, 0.15) is 149 Å². The summed E-state index contributed by atoms with van der Waals surface area (Å²) in [5.74, 6) is -7.40. The smallest absolute Gasteiger partial charge is 0.407 e. The largest absolute Gasteiger partial charge is 0.508 e. The number of ether oxygens (including phenoxy) is 16. The van der Waals surface area contributed by atoms with Gasteiger partial charge in [-0.25, -0.2) is 29.2 Å². The number of nitrogens with one attached hydrogen (secondary N) is 3. The van der Waals surface area contributed by atoms with E-state index in [1.807, 2.05) is 92.9 Å². The van der Waals surface area contributed by atoms with Crippen molar-refractivity contribution in [3.8, 4) is 11.3 Å². The Morgan fingerprint density at radius 1 is 0.707 bits per heavy atom. The van der Waals surface area contributed by atoms with Gasteiger partial charge in [-0.3, -0.25) is 19.2 Å². The van der Waals surface area contributed by atoms with Crippen molar-refractivity contribution in [1.82, 2.24) is 44.8 Å². The molecule has 7 N–H and O–H groups in total. The third-order valence-corrected chi connectivity index (χ3v) is 25.6. The number of fused-ring (bicyclic) bond motifs is 6. The average molecular weight is 1860 g/mol. The number of aromatic amines is 1. The highest BCUT2D eigenvalue weighted by Gasteiger charge is 2.53. The van der Waals surface area contributed by atoms with E-state index < -0.39 is 102 Å². The fraction of sp³-hybridized carbons (Fsp3) is 0.670. The van der Waals surface area contributed by atoms with Gasteiger partial charge in [-0.2, -0.15) is 5.10 Å². The Labute approximate surface area is 780 Å². The van der Waals surface area contributed by atoms with Gasteiger partial charge in [0.2, 0.25) is 11.7 Å². The van der Waals surface area contributed by atoms with Gasteiger partial charge in [0.05, 0.1) is 169 Å². The first-order valence-corrected chi connectivity index (χ1v) is 47.3. The molecule has 1 aromatic carbocycles. The van der Waals surface area contributed by atoms with Crippen LogP contribution in [0, 0.1) is 35.5 Å². The highest BCUT2D eigenvalue weighted by atomic mass is 16.6. The minimum atomic E-state index is -2.48. The van der Waals surface area contributed by atoms with Gasteiger partial charge >= 0.3 is 12.1 Å². The van der Waals surface area contributed by atoms with Crippen LogP contribution in [-0.4, -0.2) is 319 Å². The van der Waals surface area contributed by atoms with Crippen LogP contribution in [-0.2, 0) is 119 Å². The summed E-state index contributed by atoms with van der Waals surface area (Å²) in [6.45, 7) is 22.5. The van der Waals surface area contributed by atoms with Crippen molar-refractivity contribution in [1.29, 1.82) is 0 Å². The van der Waals surface area contributed by atoms with Crippen molar-refractivity contribution >= 4 is 63.3 Å². The molecule has 4 aromatic heterocycles. The number of allylic oxidation sites excluding steroid dienone is 5. The molecule has 8 heterocycles. The Balaban J connectivity index is 0.528. The molecule has 10 rings (SSSR count). The van der Waals surface area contributed by atoms with Crippen molar-refractivity contribution < 1.29 is 120 Å². The number of aliphatic hydroxyl groups excluding tert-OH is 1. The Hall–Kier alpha value is -8.80. The first kappa shape index (κ1) is 106. The molecule has 36 nitrogen and oxygen atoms in total. The number of hydrogen-bond donors (Lipinski definition) is 6. The number of esters is 1. The number of cyclic esters (lactones) is 1. The molecule has 5 aromatic rings. The molecule has 1 aliphatic carbocycles. The van der Waals surface area contributed by atoms with Crippen LogP contribution in [0.2, 0.25) is 0 Å². The Bertz CT molecular complexity index is 4580. The molecule has 16 atom stereocenters. The number of nitrogens with zero attached hydrogens (tertiary/aromatic N) is 8. The molecule has 1 saturated carbocycles. The second-order valence-corrected chi connectivity index (χ2v) is 35.4. The summed E-state index contributed by atoms with van der Waals surface area (Å²) < 4.78 is 94.4. The van der Waals surface area contributed by atoms with E-state index in [1.54, 1.807) is 40.3 Å². The maximum Gasteiger partial charge on any atom is 0.407 e. The lowest BCUT2D eigenvalue weighted by molar-refractivity contribution is -0.535. The molecule has 133 heavy (non-hydrogen) atoms. The molecule has 3 amide bonds. The number of aromatic nitrogens is 6. The Morgan fingerprint density at radius 3 is 2.00 bits per heavy atom. The summed E-state index contributed by atoms with van der Waals surface area (Å²) in [5.41, 5.74) is 24.9. The first-order chi connectivity index (χ1) is 64.4. The summed E-state index contributed by atoms with van der Waals surface area (Å²) >= 11 is 0. The number of carbonyl (C=O) groups excluding carboxylic acids is 6. The van der Waals surface area contributed by atoms with Crippen molar-refractivity contribution in [2.75, 3.05) is 179 Å². The number of alkyl carbamates (subject to hydrolysis) is 1. The molecule has 4 aliphatic heterocycles. The average Bonchev–Trinajstić information content (AvgIpc) is 1.64.